The lowest BCUT2D eigenvalue weighted by atomic mass is 10.00. The number of benzene rings is 2. The molecule has 3 N–H and O–H groups in total. The fourth-order valence-corrected chi connectivity index (χ4v) is 5.54. The smallest absolute Gasteiger partial charge is 0.253 e. The number of aliphatic hydroxyl groups excluding tert-OH is 1. The second-order valence-corrected chi connectivity index (χ2v) is 11.7. The van der Waals surface area contributed by atoms with Crippen molar-refractivity contribution < 1.29 is 19.4 Å². The minimum absolute atomic E-state index is 0.205. The molecule has 0 aliphatic carbocycles. The second-order valence-electron chi connectivity index (χ2n) is 10.7. The van der Waals surface area contributed by atoms with E-state index in [1.165, 1.54) is 11.3 Å². The molecule has 9 nitrogen and oxygen atoms in total. The van der Waals surface area contributed by atoms with Gasteiger partial charge in [0.05, 0.1) is 32.1 Å². The zero-order valence-electron chi connectivity index (χ0n) is 25.5. The molecule has 0 fully saturated rings. The number of hydrogen-bond donors (Lipinski definition) is 3. The van der Waals surface area contributed by atoms with E-state index >= 15 is 0 Å². The highest BCUT2D eigenvalue weighted by Gasteiger charge is 2.23. The normalized spacial score (nSPS) is 12.8. The average Bonchev–Trinajstić information content (AvgIpc) is 3.45. The third-order valence-corrected chi connectivity index (χ3v) is 8.02. The molecule has 0 saturated heterocycles. The molecule has 0 bridgehead atoms. The molecule has 2 heterocycles. The van der Waals surface area contributed by atoms with E-state index in [4.69, 9.17) is 4.74 Å². The van der Waals surface area contributed by atoms with Crippen LogP contribution in [0.5, 0.6) is 0 Å². The van der Waals surface area contributed by atoms with E-state index in [1.54, 1.807) is 62.0 Å². The largest absolute Gasteiger partial charge is 0.504 e. The van der Waals surface area contributed by atoms with E-state index in [0.717, 1.165) is 33.0 Å². The summed E-state index contributed by atoms with van der Waals surface area (Å²) >= 11 is 1.51. The molecule has 0 saturated carbocycles. The fraction of sp³-hybridized carbons (Fsp3) is 0.294. The SMILES string of the molecule is COC=C(C)c1cncc(CNC[C@@H](O)[C@H](Cc2ccccc2)NC(=O)c2cccc(C(=O)N(C)Cc3nc(C)cs3)c2)c1. The Hall–Kier alpha value is -4.38. The van der Waals surface area contributed by atoms with E-state index in [1.807, 2.05) is 55.6 Å². The van der Waals surface area contributed by atoms with Crippen LogP contribution in [-0.4, -0.2) is 64.6 Å². The molecule has 10 heteroatoms. The Morgan fingerprint density at radius 3 is 2.55 bits per heavy atom. The number of thiazole rings is 1. The standard InChI is InChI=1S/C34H39N5O4S/c1-23(21-43-4)29-13-26(16-35-18-29)17-36-19-31(40)30(14-25-9-6-5-7-10-25)38-33(41)27-11-8-12-28(15-27)34(42)39(3)20-32-37-24(2)22-44-32/h5-13,15-16,18,21-22,30-31,36,40H,14,17,19-20H2,1-4H3,(H,38,41)/t30-,31+/m0/s1. The van der Waals surface area contributed by atoms with Crippen LogP contribution in [0.25, 0.3) is 5.57 Å². The number of allylic oxidation sites excluding steroid dienone is 1. The molecule has 2 aromatic heterocycles. The highest BCUT2D eigenvalue weighted by molar-refractivity contribution is 7.09. The number of aromatic nitrogens is 2. The highest BCUT2D eigenvalue weighted by atomic mass is 32.1. The van der Waals surface area contributed by atoms with Gasteiger partial charge in [-0.1, -0.05) is 36.4 Å². The van der Waals surface area contributed by atoms with Crippen LogP contribution in [0.15, 0.2) is 84.7 Å². The number of nitrogens with zero attached hydrogens (tertiary/aromatic N) is 3. The molecular formula is C34H39N5O4S. The van der Waals surface area contributed by atoms with Gasteiger partial charge in [0, 0.05) is 54.7 Å². The molecule has 0 aliphatic heterocycles. The number of carbonyl (C=O) groups is 2. The van der Waals surface area contributed by atoms with Gasteiger partial charge in [0.1, 0.15) is 5.01 Å². The maximum Gasteiger partial charge on any atom is 0.253 e. The van der Waals surface area contributed by atoms with Crippen molar-refractivity contribution in [3.05, 3.63) is 123 Å². The van der Waals surface area contributed by atoms with Gasteiger partial charge in [-0.05, 0) is 66.8 Å². The maximum absolute atomic E-state index is 13.4. The number of ether oxygens (including phenoxy) is 1. The quantitative estimate of drug-likeness (QED) is 0.178. The van der Waals surface area contributed by atoms with Crippen molar-refractivity contribution in [1.82, 2.24) is 25.5 Å². The molecule has 2 aromatic carbocycles. The Bertz CT molecular complexity index is 1570. The van der Waals surface area contributed by atoms with Gasteiger partial charge in [0.2, 0.25) is 0 Å². The number of aryl methyl sites for hydroxylation is 1. The van der Waals surface area contributed by atoms with Crippen molar-refractivity contribution in [2.45, 2.75) is 45.5 Å². The van der Waals surface area contributed by atoms with Gasteiger partial charge < -0.3 is 25.4 Å². The molecule has 4 aromatic rings. The van der Waals surface area contributed by atoms with Gasteiger partial charge >= 0.3 is 0 Å². The Kier molecular flexibility index (Phi) is 11.8. The zero-order valence-corrected chi connectivity index (χ0v) is 26.3. The Morgan fingerprint density at radius 2 is 1.82 bits per heavy atom. The zero-order chi connectivity index (χ0) is 31.5. The summed E-state index contributed by atoms with van der Waals surface area (Å²) in [5, 5.41) is 20.3. The minimum atomic E-state index is -0.886. The number of amides is 2. The number of aliphatic hydroxyl groups is 1. The second kappa shape index (κ2) is 15.9. The van der Waals surface area contributed by atoms with Gasteiger partial charge in [0.15, 0.2) is 0 Å². The summed E-state index contributed by atoms with van der Waals surface area (Å²) in [5.41, 5.74) is 5.52. The Morgan fingerprint density at radius 1 is 1.05 bits per heavy atom. The first kappa shape index (κ1) is 32.5. The number of methoxy groups -OCH3 is 1. The first-order chi connectivity index (χ1) is 21.2. The van der Waals surface area contributed by atoms with Crippen LogP contribution in [0.3, 0.4) is 0 Å². The molecule has 0 spiro atoms. The third kappa shape index (κ3) is 9.31. The number of pyridine rings is 1. The summed E-state index contributed by atoms with van der Waals surface area (Å²) in [5.74, 6) is -0.570. The van der Waals surface area contributed by atoms with E-state index in [9.17, 15) is 14.7 Å². The van der Waals surface area contributed by atoms with Crippen molar-refractivity contribution in [2.24, 2.45) is 0 Å². The molecule has 4 rings (SSSR count). The van der Waals surface area contributed by atoms with Gasteiger partial charge in [0.25, 0.3) is 11.8 Å². The lowest BCUT2D eigenvalue weighted by Crippen LogP contribution is -2.48. The van der Waals surface area contributed by atoms with Crippen molar-refractivity contribution >= 4 is 28.7 Å². The van der Waals surface area contributed by atoms with Gasteiger partial charge in [-0.25, -0.2) is 4.98 Å². The monoisotopic (exact) mass is 613 g/mol. The summed E-state index contributed by atoms with van der Waals surface area (Å²) in [4.78, 5) is 36.9. The number of nitrogens with one attached hydrogen (secondary N) is 2. The van der Waals surface area contributed by atoms with Crippen molar-refractivity contribution in [1.29, 1.82) is 0 Å². The van der Waals surface area contributed by atoms with Gasteiger partial charge in [-0.3, -0.25) is 14.6 Å². The Balaban J connectivity index is 1.42. The maximum atomic E-state index is 13.4. The van der Waals surface area contributed by atoms with Gasteiger partial charge in [-0.2, -0.15) is 0 Å². The van der Waals surface area contributed by atoms with Crippen molar-refractivity contribution in [3.63, 3.8) is 0 Å². The van der Waals surface area contributed by atoms with Gasteiger partial charge in [-0.15, -0.1) is 11.3 Å². The predicted molar refractivity (Wildman–Crippen MR) is 173 cm³/mol. The van der Waals surface area contributed by atoms with E-state index in [-0.39, 0.29) is 18.4 Å². The number of carbonyl (C=O) groups excluding carboxylic acids is 2. The lowest BCUT2D eigenvalue weighted by Gasteiger charge is -2.25. The third-order valence-electron chi connectivity index (χ3n) is 7.06. The molecular weight excluding hydrogens is 574 g/mol. The molecule has 0 unspecified atom stereocenters. The van der Waals surface area contributed by atoms with E-state index < -0.39 is 12.1 Å². The van der Waals surface area contributed by atoms with Crippen LogP contribution in [0.1, 0.15) is 55.0 Å². The molecule has 2 amide bonds. The van der Waals surface area contributed by atoms with Crippen molar-refractivity contribution in [3.8, 4) is 0 Å². The molecule has 44 heavy (non-hydrogen) atoms. The topological polar surface area (TPSA) is 117 Å². The van der Waals surface area contributed by atoms with Crippen LogP contribution in [-0.2, 0) is 24.2 Å². The average molecular weight is 614 g/mol. The van der Waals surface area contributed by atoms with Crippen LogP contribution in [0, 0.1) is 6.92 Å². The summed E-state index contributed by atoms with van der Waals surface area (Å²) < 4.78 is 5.11. The molecule has 0 aliphatic rings. The lowest BCUT2D eigenvalue weighted by molar-refractivity contribution is 0.0784. The number of hydrogen-bond acceptors (Lipinski definition) is 8. The summed E-state index contributed by atoms with van der Waals surface area (Å²) in [6.45, 7) is 4.99. The first-order valence-corrected chi connectivity index (χ1v) is 15.3. The summed E-state index contributed by atoms with van der Waals surface area (Å²) in [7, 11) is 3.32. The van der Waals surface area contributed by atoms with Crippen LogP contribution in [0.4, 0.5) is 0 Å². The van der Waals surface area contributed by atoms with E-state index in [0.29, 0.717) is 30.6 Å². The van der Waals surface area contributed by atoms with Crippen molar-refractivity contribution in [2.75, 3.05) is 20.7 Å². The summed E-state index contributed by atoms with van der Waals surface area (Å²) in [6, 6.07) is 17.8. The first-order valence-electron chi connectivity index (χ1n) is 14.4. The molecule has 2 atom stereocenters. The van der Waals surface area contributed by atoms with Crippen LogP contribution >= 0.6 is 11.3 Å². The predicted octanol–water partition coefficient (Wildman–Crippen LogP) is 4.62. The highest BCUT2D eigenvalue weighted by Crippen LogP contribution is 2.16. The van der Waals surface area contributed by atoms with Crippen LogP contribution in [0.2, 0.25) is 0 Å². The van der Waals surface area contributed by atoms with Crippen LogP contribution < -0.4 is 10.6 Å². The molecule has 0 radical (unpaired) electrons. The fourth-order valence-electron chi connectivity index (χ4n) is 4.72. The Labute approximate surface area is 262 Å². The summed E-state index contributed by atoms with van der Waals surface area (Å²) in [6.07, 6.45) is 4.76. The van der Waals surface area contributed by atoms with E-state index in [2.05, 4.69) is 20.6 Å². The minimum Gasteiger partial charge on any atom is -0.504 e. The number of rotatable bonds is 14. The molecule has 230 valence electrons.